The molecule has 1 aromatic carbocycles. The van der Waals surface area contributed by atoms with Crippen LogP contribution in [0.4, 0.5) is 11.4 Å². The summed E-state index contributed by atoms with van der Waals surface area (Å²) in [5.74, 6) is -0.848. The van der Waals surface area contributed by atoms with Gasteiger partial charge in [-0.05, 0) is 51.0 Å². The molecular weight excluding hydrogens is 406 g/mol. The summed E-state index contributed by atoms with van der Waals surface area (Å²) in [4.78, 5) is 27.9. The van der Waals surface area contributed by atoms with Crippen molar-refractivity contribution in [3.05, 3.63) is 36.8 Å². The molecule has 1 aliphatic rings. The maximum Gasteiger partial charge on any atom is 0.262 e. The van der Waals surface area contributed by atoms with E-state index in [-0.39, 0.29) is 29.4 Å². The summed E-state index contributed by atoms with van der Waals surface area (Å²) in [7, 11) is -3.75. The third kappa shape index (κ3) is 5.06. The van der Waals surface area contributed by atoms with E-state index in [1.165, 1.54) is 23.8 Å². The number of rotatable bonds is 6. The highest BCUT2D eigenvalue weighted by Gasteiger charge is 2.34. The van der Waals surface area contributed by atoms with Crippen molar-refractivity contribution in [2.75, 3.05) is 23.7 Å². The van der Waals surface area contributed by atoms with Crippen molar-refractivity contribution in [1.82, 2.24) is 13.9 Å². The van der Waals surface area contributed by atoms with Crippen molar-refractivity contribution in [2.24, 2.45) is 5.92 Å². The Morgan fingerprint density at radius 1 is 1.13 bits per heavy atom. The Kier molecular flexibility index (Phi) is 6.57. The second-order valence-electron chi connectivity index (χ2n) is 7.70. The summed E-state index contributed by atoms with van der Waals surface area (Å²) >= 11 is 0. The molecule has 0 radical (unpaired) electrons. The highest BCUT2D eigenvalue weighted by molar-refractivity contribution is 7.89. The summed E-state index contributed by atoms with van der Waals surface area (Å²) in [5.41, 5.74) is 1.22. The van der Waals surface area contributed by atoms with E-state index in [0.29, 0.717) is 30.8 Å². The molecule has 2 aromatic rings. The molecule has 0 spiro atoms. The average molecular weight is 434 g/mol. The average Bonchev–Trinajstić information content (AvgIpc) is 3.21. The molecule has 1 aliphatic heterocycles. The highest BCUT2D eigenvalue weighted by Crippen LogP contribution is 2.25. The van der Waals surface area contributed by atoms with Crippen molar-refractivity contribution < 1.29 is 18.0 Å². The van der Waals surface area contributed by atoms with E-state index < -0.39 is 15.9 Å². The monoisotopic (exact) mass is 433 g/mol. The van der Waals surface area contributed by atoms with Crippen LogP contribution in [0.3, 0.4) is 0 Å². The summed E-state index contributed by atoms with van der Waals surface area (Å²) in [6.45, 7) is 5.80. The van der Waals surface area contributed by atoms with Crippen molar-refractivity contribution in [3.63, 3.8) is 0 Å². The number of carbonyl (C=O) groups is 2. The number of hydrogen-bond acceptors (Lipinski definition) is 5. The number of hydrogen-bond donors (Lipinski definition) is 2. The van der Waals surface area contributed by atoms with Gasteiger partial charge in [0.05, 0.1) is 12.2 Å². The van der Waals surface area contributed by atoms with Gasteiger partial charge in [-0.15, -0.1) is 0 Å². The van der Waals surface area contributed by atoms with Crippen LogP contribution in [-0.2, 0) is 19.6 Å². The fourth-order valence-electron chi connectivity index (χ4n) is 3.32. The van der Waals surface area contributed by atoms with Gasteiger partial charge in [-0.1, -0.05) is 0 Å². The molecule has 2 heterocycles. The van der Waals surface area contributed by atoms with Crippen LogP contribution in [-0.4, -0.2) is 47.2 Å². The van der Waals surface area contributed by atoms with E-state index in [1.54, 1.807) is 28.8 Å². The third-order valence-corrected chi connectivity index (χ3v) is 6.76. The first kappa shape index (κ1) is 22.0. The minimum atomic E-state index is -3.75. The minimum Gasteiger partial charge on any atom is -0.334 e. The van der Waals surface area contributed by atoms with Crippen molar-refractivity contribution in [2.45, 2.75) is 44.7 Å². The van der Waals surface area contributed by atoms with Crippen LogP contribution in [0.1, 0.15) is 39.7 Å². The summed E-state index contributed by atoms with van der Waals surface area (Å²) < 4.78 is 29.0. The Labute approximate surface area is 176 Å². The summed E-state index contributed by atoms with van der Waals surface area (Å²) in [5, 5.41) is 5.50. The van der Waals surface area contributed by atoms with Gasteiger partial charge in [0.2, 0.25) is 11.8 Å². The zero-order valence-electron chi connectivity index (χ0n) is 17.3. The molecule has 1 atom stereocenters. The van der Waals surface area contributed by atoms with E-state index in [0.717, 1.165) is 0 Å². The van der Waals surface area contributed by atoms with E-state index in [2.05, 4.69) is 15.6 Å². The Bertz CT molecular complexity index is 1010. The molecule has 0 bridgehead atoms. The van der Waals surface area contributed by atoms with Crippen LogP contribution in [0.5, 0.6) is 0 Å². The number of carbonyl (C=O) groups excluding carboxylic acids is 2. The normalized spacial score (nSPS) is 17.7. The van der Waals surface area contributed by atoms with Gasteiger partial charge < -0.3 is 15.2 Å². The zero-order valence-corrected chi connectivity index (χ0v) is 18.1. The third-order valence-electron chi connectivity index (χ3n) is 5.01. The van der Waals surface area contributed by atoms with Gasteiger partial charge >= 0.3 is 0 Å². The number of nitrogens with one attached hydrogen (secondary N) is 2. The number of benzene rings is 1. The fourth-order valence-corrected chi connectivity index (χ4v) is 4.77. The van der Waals surface area contributed by atoms with Gasteiger partial charge in [0.25, 0.3) is 10.0 Å². The number of amides is 2. The summed E-state index contributed by atoms with van der Waals surface area (Å²) in [6.07, 6.45) is 4.25. The molecule has 0 saturated carbocycles. The predicted molar refractivity (Wildman–Crippen MR) is 113 cm³/mol. The fraction of sp³-hybridized carbons (Fsp3) is 0.450. The topological polar surface area (TPSA) is 113 Å². The quantitative estimate of drug-likeness (QED) is 0.726. The van der Waals surface area contributed by atoms with Crippen molar-refractivity contribution in [1.29, 1.82) is 0 Å². The molecule has 162 valence electrons. The molecule has 10 heteroatoms. The highest BCUT2D eigenvalue weighted by atomic mass is 32.2. The van der Waals surface area contributed by atoms with Crippen LogP contribution in [0.25, 0.3) is 0 Å². The standard InChI is InChI=1S/C20H27N5O4S/c1-14(2)24-12-19(21-13-24)30(28,29)25-10-4-5-16(11-25)20(27)23-18-8-6-17(7-9-18)22-15(3)26/h6-9,12-14,16H,4-5,10-11H2,1-3H3,(H,22,26)(H,23,27)/t16-/m1/s1. The van der Waals surface area contributed by atoms with Crippen LogP contribution < -0.4 is 10.6 Å². The van der Waals surface area contributed by atoms with Crippen molar-refractivity contribution >= 4 is 33.2 Å². The SMILES string of the molecule is CC(=O)Nc1ccc(NC(=O)[C@@H]2CCCN(S(=O)(=O)c3cn(C(C)C)cn3)C2)cc1. The van der Waals surface area contributed by atoms with E-state index in [4.69, 9.17) is 0 Å². The van der Waals surface area contributed by atoms with E-state index >= 15 is 0 Å². The van der Waals surface area contributed by atoms with Gasteiger partial charge in [0.15, 0.2) is 5.03 Å². The smallest absolute Gasteiger partial charge is 0.262 e. The largest absolute Gasteiger partial charge is 0.334 e. The molecule has 2 amide bonds. The minimum absolute atomic E-state index is 0.00539. The lowest BCUT2D eigenvalue weighted by Gasteiger charge is -2.30. The lowest BCUT2D eigenvalue weighted by molar-refractivity contribution is -0.121. The summed E-state index contributed by atoms with van der Waals surface area (Å²) in [6, 6.07) is 6.88. The molecule has 0 unspecified atom stereocenters. The molecule has 3 rings (SSSR count). The van der Waals surface area contributed by atoms with Crippen LogP contribution in [0, 0.1) is 5.92 Å². The molecule has 0 aliphatic carbocycles. The lowest BCUT2D eigenvalue weighted by atomic mass is 9.98. The molecule has 9 nitrogen and oxygen atoms in total. The van der Waals surface area contributed by atoms with Crippen LogP contribution in [0.2, 0.25) is 0 Å². The molecule has 1 fully saturated rings. The lowest BCUT2D eigenvalue weighted by Crippen LogP contribution is -2.43. The Morgan fingerprint density at radius 3 is 2.33 bits per heavy atom. The molecule has 1 saturated heterocycles. The second-order valence-corrected chi connectivity index (χ2v) is 9.59. The molecule has 30 heavy (non-hydrogen) atoms. The Balaban J connectivity index is 1.66. The number of imidazole rings is 1. The van der Waals surface area contributed by atoms with Crippen molar-refractivity contribution in [3.8, 4) is 0 Å². The first-order chi connectivity index (χ1) is 14.2. The van der Waals surface area contributed by atoms with E-state index in [1.807, 2.05) is 13.8 Å². The number of anilines is 2. The Hall–Kier alpha value is -2.72. The van der Waals surface area contributed by atoms with Crippen LogP contribution >= 0.6 is 0 Å². The van der Waals surface area contributed by atoms with E-state index in [9.17, 15) is 18.0 Å². The number of aromatic nitrogens is 2. The molecule has 1 aromatic heterocycles. The number of sulfonamides is 1. The zero-order chi connectivity index (χ0) is 21.9. The number of piperidine rings is 1. The first-order valence-corrected chi connectivity index (χ1v) is 11.3. The molecular formula is C20H27N5O4S. The van der Waals surface area contributed by atoms with Gasteiger partial charge in [-0.2, -0.15) is 4.31 Å². The number of nitrogens with zero attached hydrogens (tertiary/aromatic N) is 3. The van der Waals surface area contributed by atoms with Gasteiger partial charge in [0, 0.05) is 43.6 Å². The Morgan fingerprint density at radius 2 is 1.77 bits per heavy atom. The van der Waals surface area contributed by atoms with Gasteiger partial charge in [-0.3, -0.25) is 9.59 Å². The molecule has 2 N–H and O–H groups in total. The van der Waals surface area contributed by atoms with Gasteiger partial charge in [0.1, 0.15) is 0 Å². The van der Waals surface area contributed by atoms with Gasteiger partial charge in [-0.25, -0.2) is 13.4 Å². The maximum atomic E-state index is 13.0. The van der Waals surface area contributed by atoms with Crippen LogP contribution in [0.15, 0.2) is 41.8 Å². The maximum absolute atomic E-state index is 13.0. The predicted octanol–water partition coefficient (Wildman–Crippen LogP) is 2.46. The first-order valence-electron chi connectivity index (χ1n) is 9.89. The second kappa shape index (κ2) is 8.97.